The highest BCUT2D eigenvalue weighted by atomic mass is 35.5. The second-order valence-corrected chi connectivity index (χ2v) is 10.1. The zero-order chi connectivity index (χ0) is 23.5. The van der Waals surface area contributed by atoms with Crippen LogP contribution in [0.5, 0.6) is 5.75 Å². The number of methoxy groups -OCH3 is 1. The van der Waals surface area contributed by atoms with Gasteiger partial charge in [-0.1, -0.05) is 23.7 Å². The average molecular weight is 498 g/mol. The van der Waals surface area contributed by atoms with Crippen LogP contribution >= 0.6 is 11.6 Å². The molecule has 32 heavy (non-hydrogen) atoms. The Bertz CT molecular complexity index is 1390. The van der Waals surface area contributed by atoms with Crippen LogP contribution in [0, 0.1) is 10.1 Å². The zero-order valence-electron chi connectivity index (χ0n) is 16.4. The van der Waals surface area contributed by atoms with E-state index in [1.54, 1.807) is 12.1 Å². The Balaban J connectivity index is 1.90. The number of nitrogens with zero attached hydrogens (tertiary/aromatic N) is 1. The molecule has 0 aliphatic carbocycles. The molecule has 0 aliphatic heterocycles. The summed E-state index contributed by atoms with van der Waals surface area (Å²) in [5.74, 6) is -0.103. The Morgan fingerprint density at radius 2 is 1.41 bits per heavy atom. The van der Waals surface area contributed by atoms with Crippen molar-refractivity contribution in [3.63, 3.8) is 0 Å². The number of nitrogens with one attached hydrogen (secondary N) is 2. The Morgan fingerprint density at radius 1 is 0.844 bits per heavy atom. The van der Waals surface area contributed by atoms with E-state index in [0.29, 0.717) is 5.02 Å². The summed E-state index contributed by atoms with van der Waals surface area (Å²) in [5.41, 5.74) is -0.358. The number of ether oxygens (including phenoxy) is 1. The van der Waals surface area contributed by atoms with E-state index in [1.807, 2.05) is 0 Å². The first-order chi connectivity index (χ1) is 15.0. The lowest BCUT2D eigenvalue weighted by molar-refractivity contribution is -0.386. The Labute approximate surface area is 189 Å². The molecule has 0 fully saturated rings. The quantitative estimate of drug-likeness (QED) is 0.355. The maximum atomic E-state index is 12.7. The van der Waals surface area contributed by atoms with Crippen LogP contribution in [0.4, 0.5) is 17.1 Å². The van der Waals surface area contributed by atoms with Gasteiger partial charge in [-0.05, 0) is 48.5 Å². The fraction of sp³-hybridized carbons (Fsp3) is 0.0526. The first kappa shape index (κ1) is 23.3. The van der Waals surface area contributed by atoms with Gasteiger partial charge in [0.15, 0.2) is 5.75 Å². The van der Waals surface area contributed by atoms with Gasteiger partial charge in [0, 0.05) is 11.1 Å². The maximum absolute atomic E-state index is 12.7. The summed E-state index contributed by atoms with van der Waals surface area (Å²) in [7, 11) is -7.09. The van der Waals surface area contributed by atoms with Crippen LogP contribution in [0.25, 0.3) is 0 Å². The van der Waals surface area contributed by atoms with Crippen LogP contribution < -0.4 is 14.2 Å². The fourth-order valence-electron chi connectivity index (χ4n) is 2.69. The van der Waals surface area contributed by atoms with Crippen molar-refractivity contribution in [2.75, 3.05) is 16.6 Å². The summed E-state index contributed by atoms with van der Waals surface area (Å²) in [6.45, 7) is 0. The smallest absolute Gasteiger partial charge is 0.312 e. The van der Waals surface area contributed by atoms with Crippen LogP contribution in [0.2, 0.25) is 5.02 Å². The lowest BCUT2D eigenvalue weighted by atomic mass is 10.3. The second kappa shape index (κ2) is 9.02. The number of anilines is 2. The van der Waals surface area contributed by atoms with E-state index in [9.17, 15) is 26.9 Å². The summed E-state index contributed by atoms with van der Waals surface area (Å²) in [5, 5.41) is 11.5. The number of halogens is 1. The largest absolute Gasteiger partial charge is 0.490 e. The lowest BCUT2D eigenvalue weighted by Crippen LogP contribution is -2.15. The molecular formula is C19H16ClN3O7S2. The molecule has 3 aromatic rings. The lowest BCUT2D eigenvalue weighted by Gasteiger charge is -2.12. The summed E-state index contributed by atoms with van der Waals surface area (Å²) >= 11 is 5.86. The van der Waals surface area contributed by atoms with Crippen LogP contribution in [0.1, 0.15) is 0 Å². The van der Waals surface area contributed by atoms with E-state index in [2.05, 4.69) is 9.44 Å². The highest BCUT2D eigenvalue weighted by Crippen LogP contribution is 2.30. The molecule has 0 amide bonds. The molecule has 0 bridgehead atoms. The molecule has 2 N–H and O–H groups in total. The molecular weight excluding hydrogens is 482 g/mol. The van der Waals surface area contributed by atoms with Crippen molar-refractivity contribution in [2.24, 2.45) is 0 Å². The van der Waals surface area contributed by atoms with Crippen molar-refractivity contribution in [3.05, 3.63) is 81.9 Å². The van der Waals surface area contributed by atoms with E-state index in [-0.39, 0.29) is 22.0 Å². The molecule has 168 valence electrons. The molecule has 0 atom stereocenters. The first-order valence-electron chi connectivity index (χ1n) is 8.75. The van der Waals surface area contributed by atoms with Crippen molar-refractivity contribution in [2.45, 2.75) is 9.79 Å². The topological polar surface area (TPSA) is 145 Å². The Hall–Kier alpha value is -3.35. The molecule has 0 saturated carbocycles. The highest BCUT2D eigenvalue weighted by molar-refractivity contribution is 7.93. The normalized spacial score (nSPS) is 11.6. The molecule has 0 unspecified atom stereocenters. The predicted octanol–water partition coefficient (Wildman–Crippen LogP) is 3.86. The SMILES string of the molecule is COc1ccc(S(=O)(=O)Nc2cccc(S(=O)(=O)Nc3cccc(Cl)c3)c2)cc1[N+](=O)[O-]. The minimum absolute atomic E-state index is 0.0579. The summed E-state index contributed by atoms with van der Waals surface area (Å²) in [4.78, 5) is 9.80. The number of hydrogen-bond acceptors (Lipinski definition) is 7. The van der Waals surface area contributed by atoms with Crippen LogP contribution in [-0.2, 0) is 20.0 Å². The third-order valence-electron chi connectivity index (χ3n) is 4.13. The van der Waals surface area contributed by atoms with Gasteiger partial charge in [-0.3, -0.25) is 19.6 Å². The van der Waals surface area contributed by atoms with E-state index in [0.717, 1.165) is 24.3 Å². The Morgan fingerprint density at radius 3 is 1.97 bits per heavy atom. The van der Waals surface area contributed by atoms with Crippen molar-refractivity contribution in [3.8, 4) is 5.75 Å². The number of nitro groups is 1. The van der Waals surface area contributed by atoms with Crippen molar-refractivity contribution in [1.82, 2.24) is 0 Å². The average Bonchev–Trinajstić information content (AvgIpc) is 2.72. The van der Waals surface area contributed by atoms with Crippen molar-refractivity contribution >= 4 is 48.7 Å². The van der Waals surface area contributed by atoms with Gasteiger partial charge in [0.25, 0.3) is 20.0 Å². The summed E-state index contributed by atoms with van der Waals surface area (Å²) in [6, 6.07) is 14.3. The fourth-order valence-corrected chi connectivity index (χ4v) is 5.04. The van der Waals surface area contributed by atoms with E-state index < -0.39 is 35.6 Å². The van der Waals surface area contributed by atoms with Gasteiger partial charge in [-0.15, -0.1) is 0 Å². The molecule has 0 heterocycles. The Kier molecular flexibility index (Phi) is 6.57. The molecule has 0 aliphatic rings. The maximum Gasteiger partial charge on any atom is 0.312 e. The third kappa shape index (κ3) is 5.28. The molecule has 3 rings (SSSR count). The molecule has 0 radical (unpaired) electrons. The zero-order valence-corrected chi connectivity index (χ0v) is 18.7. The first-order valence-corrected chi connectivity index (χ1v) is 12.1. The molecule has 0 saturated heterocycles. The minimum Gasteiger partial charge on any atom is -0.490 e. The monoisotopic (exact) mass is 497 g/mol. The highest BCUT2D eigenvalue weighted by Gasteiger charge is 2.23. The van der Waals surface area contributed by atoms with Gasteiger partial charge in [-0.2, -0.15) is 0 Å². The standard InChI is InChI=1S/C19H16ClN3O7S2/c1-30-19-9-8-17(12-18(19)23(24)25)32(28,29)22-15-6-3-7-16(11-15)31(26,27)21-14-5-2-4-13(20)10-14/h2-12,21-22H,1H3. The van der Waals surface area contributed by atoms with E-state index in [1.165, 1.54) is 37.4 Å². The predicted molar refractivity (Wildman–Crippen MR) is 119 cm³/mol. The van der Waals surface area contributed by atoms with Crippen LogP contribution in [0.3, 0.4) is 0 Å². The number of nitro benzene ring substituents is 1. The summed E-state index contributed by atoms with van der Waals surface area (Å²) in [6.07, 6.45) is 0. The van der Waals surface area contributed by atoms with Gasteiger partial charge in [0.05, 0.1) is 33.2 Å². The summed E-state index contributed by atoms with van der Waals surface area (Å²) < 4.78 is 60.2. The number of sulfonamides is 2. The van der Waals surface area contributed by atoms with Gasteiger partial charge < -0.3 is 4.74 Å². The van der Waals surface area contributed by atoms with E-state index in [4.69, 9.17) is 16.3 Å². The molecule has 13 heteroatoms. The van der Waals surface area contributed by atoms with Gasteiger partial charge in [0.2, 0.25) is 0 Å². The molecule has 0 spiro atoms. The van der Waals surface area contributed by atoms with Crippen molar-refractivity contribution < 1.29 is 26.5 Å². The van der Waals surface area contributed by atoms with Crippen molar-refractivity contribution in [1.29, 1.82) is 0 Å². The van der Waals surface area contributed by atoms with E-state index >= 15 is 0 Å². The number of benzene rings is 3. The van der Waals surface area contributed by atoms with Gasteiger partial charge in [-0.25, -0.2) is 16.8 Å². The minimum atomic E-state index is -4.26. The molecule has 0 aromatic heterocycles. The second-order valence-electron chi connectivity index (χ2n) is 6.34. The van der Waals surface area contributed by atoms with Crippen LogP contribution in [0.15, 0.2) is 76.5 Å². The third-order valence-corrected chi connectivity index (χ3v) is 7.12. The molecule has 3 aromatic carbocycles. The van der Waals surface area contributed by atoms with Gasteiger partial charge >= 0.3 is 5.69 Å². The number of rotatable bonds is 8. The van der Waals surface area contributed by atoms with Gasteiger partial charge in [0.1, 0.15) is 0 Å². The number of hydrogen-bond donors (Lipinski definition) is 2. The molecule has 10 nitrogen and oxygen atoms in total. The van der Waals surface area contributed by atoms with Crippen LogP contribution in [-0.4, -0.2) is 28.9 Å².